The number of amides is 3. The van der Waals surface area contributed by atoms with Crippen LogP contribution in [0.1, 0.15) is 50.6 Å². The zero-order chi connectivity index (χ0) is 25.9. The predicted molar refractivity (Wildman–Crippen MR) is 140 cm³/mol. The van der Waals surface area contributed by atoms with Crippen LogP contribution in [0, 0.1) is 0 Å². The summed E-state index contributed by atoms with van der Waals surface area (Å²) in [4.78, 5) is 50.3. The first-order valence-corrected chi connectivity index (χ1v) is 13.9. The molecule has 3 atom stereocenters. The molecular formula is C23H25ClN8O3S2. The first-order chi connectivity index (χ1) is 17.9. The van der Waals surface area contributed by atoms with E-state index in [0.29, 0.717) is 22.9 Å². The van der Waals surface area contributed by atoms with Crippen molar-refractivity contribution < 1.29 is 14.4 Å². The normalized spacial score (nSPS) is 21.6. The molecule has 1 saturated carbocycles. The number of rotatable bonds is 5. The minimum absolute atomic E-state index is 0.0937. The minimum Gasteiger partial charge on any atom is -0.345 e. The second kappa shape index (κ2) is 11.2. The number of thiazole rings is 1. The van der Waals surface area contributed by atoms with Gasteiger partial charge in [-0.25, -0.2) is 9.97 Å². The summed E-state index contributed by atoms with van der Waals surface area (Å²) < 4.78 is 0. The fraction of sp³-hybridized carbons (Fsp3) is 0.435. The number of aromatic nitrogens is 4. The number of hydrogen-bond donors (Lipinski definition) is 3. The molecule has 0 saturated heterocycles. The molecule has 2 aliphatic rings. The van der Waals surface area contributed by atoms with Crippen LogP contribution in [0.25, 0.3) is 0 Å². The molecule has 4 heterocycles. The fourth-order valence-electron chi connectivity index (χ4n) is 4.59. The van der Waals surface area contributed by atoms with Crippen molar-refractivity contribution >= 4 is 57.8 Å². The summed E-state index contributed by atoms with van der Waals surface area (Å²) in [7, 11) is 2.05. The first-order valence-electron chi connectivity index (χ1n) is 11.8. The van der Waals surface area contributed by atoms with Crippen LogP contribution in [0.5, 0.6) is 0 Å². The Labute approximate surface area is 226 Å². The average Bonchev–Trinajstić information content (AvgIpc) is 3.56. The van der Waals surface area contributed by atoms with Gasteiger partial charge in [-0.2, -0.15) is 0 Å². The van der Waals surface area contributed by atoms with Crippen LogP contribution in [0.3, 0.4) is 0 Å². The summed E-state index contributed by atoms with van der Waals surface area (Å²) in [6, 6.07) is 2.22. The minimum atomic E-state index is -0.845. The van der Waals surface area contributed by atoms with E-state index in [9.17, 15) is 14.4 Å². The fourth-order valence-corrected chi connectivity index (χ4v) is 6.50. The lowest BCUT2D eigenvalue weighted by Crippen LogP contribution is -2.56. The van der Waals surface area contributed by atoms with Gasteiger partial charge in [0.25, 0.3) is 5.91 Å². The van der Waals surface area contributed by atoms with Crippen molar-refractivity contribution in [3.63, 3.8) is 0 Å². The van der Waals surface area contributed by atoms with Gasteiger partial charge in [0.15, 0.2) is 5.01 Å². The van der Waals surface area contributed by atoms with Gasteiger partial charge < -0.3 is 20.9 Å². The molecule has 0 radical (unpaired) electrons. The monoisotopic (exact) mass is 560 g/mol. The summed E-state index contributed by atoms with van der Waals surface area (Å²) in [6.07, 6.45) is 4.05. The number of carbonyl (C=O) groups is 3. The largest absolute Gasteiger partial charge is 0.345 e. The topological polar surface area (TPSA) is 142 Å². The van der Waals surface area contributed by atoms with Gasteiger partial charge in [0, 0.05) is 42.5 Å². The van der Waals surface area contributed by atoms with Gasteiger partial charge in [0.2, 0.25) is 0 Å². The molecule has 1 aliphatic carbocycles. The van der Waals surface area contributed by atoms with Crippen molar-refractivity contribution in [3.05, 3.63) is 49.4 Å². The molecule has 0 aromatic carbocycles. The summed E-state index contributed by atoms with van der Waals surface area (Å²) >= 11 is 8.70. The van der Waals surface area contributed by atoms with Gasteiger partial charge in [-0.05, 0) is 38.4 Å². The maximum absolute atomic E-state index is 13.2. The van der Waals surface area contributed by atoms with Gasteiger partial charge in [0.1, 0.15) is 16.3 Å². The second-order valence-electron chi connectivity index (χ2n) is 9.14. The summed E-state index contributed by atoms with van der Waals surface area (Å²) in [5, 5.41) is 18.2. The SMILES string of the molecule is CN1CCc2nc(C(=O)N[C@@H]3C[C@@H](c4nncs4)CC[C@@H]3NC(=O)C(=O)Nc3ccc(Cl)cn3)sc2C1. The third-order valence-corrected chi connectivity index (χ3v) is 8.66. The number of anilines is 1. The molecule has 37 heavy (non-hydrogen) atoms. The van der Waals surface area contributed by atoms with Crippen molar-refractivity contribution in [2.75, 3.05) is 18.9 Å². The van der Waals surface area contributed by atoms with Crippen molar-refractivity contribution in [2.45, 2.75) is 50.2 Å². The van der Waals surface area contributed by atoms with Crippen LogP contribution < -0.4 is 16.0 Å². The van der Waals surface area contributed by atoms with Crippen LogP contribution in [0.15, 0.2) is 23.8 Å². The summed E-state index contributed by atoms with van der Waals surface area (Å²) in [5.74, 6) is -1.62. The van der Waals surface area contributed by atoms with E-state index in [-0.39, 0.29) is 17.6 Å². The number of likely N-dealkylation sites (N-methyl/N-ethyl adjacent to an activating group) is 1. The number of fused-ring (bicyclic) bond motifs is 1. The lowest BCUT2D eigenvalue weighted by atomic mass is 9.82. The number of pyridine rings is 1. The predicted octanol–water partition coefficient (Wildman–Crippen LogP) is 2.22. The molecule has 14 heteroatoms. The Balaban J connectivity index is 1.28. The highest BCUT2D eigenvalue weighted by atomic mass is 35.5. The molecule has 3 aromatic heterocycles. The lowest BCUT2D eigenvalue weighted by molar-refractivity contribution is -0.136. The summed E-state index contributed by atoms with van der Waals surface area (Å²) in [6.45, 7) is 1.69. The molecule has 0 spiro atoms. The molecule has 5 rings (SSSR count). The maximum atomic E-state index is 13.2. The van der Waals surface area contributed by atoms with Gasteiger partial charge >= 0.3 is 11.8 Å². The van der Waals surface area contributed by atoms with E-state index in [2.05, 4.69) is 41.0 Å². The molecule has 3 aromatic rings. The third kappa shape index (κ3) is 6.12. The smallest absolute Gasteiger partial charge is 0.314 e. The maximum Gasteiger partial charge on any atom is 0.314 e. The Kier molecular flexibility index (Phi) is 7.74. The van der Waals surface area contributed by atoms with E-state index in [0.717, 1.165) is 41.5 Å². The zero-order valence-electron chi connectivity index (χ0n) is 19.9. The quantitative estimate of drug-likeness (QED) is 0.403. The Hall–Kier alpha value is -3.00. The molecule has 194 valence electrons. The van der Waals surface area contributed by atoms with Crippen molar-refractivity contribution in [1.82, 2.24) is 35.7 Å². The van der Waals surface area contributed by atoms with Crippen molar-refractivity contribution in [1.29, 1.82) is 0 Å². The van der Waals surface area contributed by atoms with E-state index < -0.39 is 23.9 Å². The van der Waals surface area contributed by atoms with E-state index in [1.807, 2.05) is 7.05 Å². The Morgan fingerprint density at radius 1 is 1.14 bits per heavy atom. The van der Waals surface area contributed by atoms with Crippen molar-refractivity contribution in [2.24, 2.45) is 0 Å². The number of nitrogens with zero attached hydrogens (tertiary/aromatic N) is 5. The molecule has 0 unspecified atom stereocenters. The van der Waals surface area contributed by atoms with Crippen LogP contribution in [-0.4, -0.2) is 68.5 Å². The number of hydrogen-bond acceptors (Lipinski definition) is 10. The van der Waals surface area contributed by atoms with E-state index in [4.69, 9.17) is 11.6 Å². The number of nitrogens with one attached hydrogen (secondary N) is 3. The molecular weight excluding hydrogens is 536 g/mol. The molecule has 3 N–H and O–H groups in total. The van der Waals surface area contributed by atoms with Crippen LogP contribution >= 0.6 is 34.3 Å². The molecule has 11 nitrogen and oxygen atoms in total. The third-order valence-electron chi connectivity index (χ3n) is 6.50. The average molecular weight is 561 g/mol. The van der Waals surface area contributed by atoms with Crippen molar-refractivity contribution in [3.8, 4) is 0 Å². The molecule has 1 aliphatic heterocycles. The Morgan fingerprint density at radius 2 is 2.00 bits per heavy atom. The lowest BCUT2D eigenvalue weighted by Gasteiger charge is -2.36. The van der Waals surface area contributed by atoms with E-state index in [1.54, 1.807) is 11.6 Å². The summed E-state index contributed by atoms with van der Waals surface area (Å²) in [5.41, 5.74) is 2.66. The standard InChI is InChI=1S/C23H25ClN8O3S2/c1-32-7-6-15-17(10-32)37-23(29-15)21(35)28-16-8-12(22-31-26-11-36-22)2-4-14(16)27-19(33)20(34)30-18-5-3-13(24)9-25-18/h3,5,9,11-12,14,16H,2,4,6-8,10H2,1H3,(H,27,33)(H,28,35)(H,25,30,34)/t12-,14-,16+/m0/s1. The van der Waals surface area contributed by atoms with E-state index in [1.165, 1.54) is 34.9 Å². The van der Waals surface area contributed by atoms with Gasteiger partial charge in [0.05, 0.1) is 16.8 Å². The molecule has 0 bridgehead atoms. The van der Waals surface area contributed by atoms with Gasteiger partial charge in [-0.15, -0.1) is 32.9 Å². The Morgan fingerprint density at radius 3 is 2.76 bits per heavy atom. The zero-order valence-corrected chi connectivity index (χ0v) is 22.3. The van der Waals surface area contributed by atoms with Crippen LogP contribution in [0.4, 0.5) is 5.82 Å². The van der Waals surface area contributed by atoms with Crippen LogP contribution in [-0.2, 0) is 22.6 Å². The second-order valence-corrected chi connectivity index (χ2v) is 11.5. The van der Waals surface area contributed by atoms with Crippen LogP contribution in [0.2, 0.25) is 5.02 Å². The van der Waals surface area contributed by atoms with Gasteiger partial charge in [-0.1, -0.05) is 11.6 Å². The highest BCUT2D eigenvalue weighted by Crippen LogP contribution is 2.34. The molecule has 3 amide bonds. The first kappa shape index (κ1) is 25.6. The Bertz CT molecular complexity index is 1280. The van der Waals surface area contributed by atoms with Gasteiger partial charge in [-0.3, -0.25) is 14.4 Å². The number of halogens is 1. The van der Waals surface area contributed by atoms with E-state index >= 15 is 0 Å². The highest BCUT2D eigenvalue weighted by molar-refractivity contribution is 7.13. The number of carbonyl (C=O) groups excluding carboxylic acids is 3. The highest BCUT2D eigenvalue weighted by Gasteiger charge is 2.36. The molecule has 1 fully saturated rings.